The maximum Gasteiger partial charge on any atom is 0.314 e. The molecular formula is C25H33N3O2. The number of hydrogen-bond acceptors (Lipinski definition) is 2. The van der Waals surface area contributed by atoms with Gasteiger partial charge in [0.05, 0.1) is 0 Å². The molecule has 2 aromatic carbocycles. The van der Waals surface area contributed by atoms with Gasteiger partial charge in [-0.1, -0.05) is 48.0 Å². The molecule has 30 heavy (non-hydrogen) atoms. The highest BCUT2D eigenvalue weighted by Crippen LogP contribution is 2.28. The third-order valence-electron chi connectivity index (χ3n) is 5.92. The fourth-order valence-electron chi connectivity index (χ4n) is 3.95. The minimum atomic E-state index is -0.0848. The van der Waals surface area contributed by atoms with Crippen molar-refractivity contribution >= 4 is 11.9 Å². The number of rotatable bonds is 8. The molecule has 0 atom stereocenters. The molecule has 5 nitrogen and oxygen atoms in total. The molecule has 0 spiro atoms. The van der Waals surface area contributed by atoms with Gasteiger partial charge < -0.3 is 16.0 Å². The van der Waals surface area contributed by atoms with Crippen LogP contribution in [0.3, 0.4) is 0 Å². The molecule has 0 unspecified atom stereocenters. The third-order valence-corrected chi connectivity index (χ3v) is 5.92. The second-order valence-electron chi connectivity index (χ2n) is 8.34. The molecule has 0 saturated heterocycles. The van der Waals surface area contributed by atoms with Crippen LogP contribution in [-0.2, 0) is 6.42 Å². The number of hydrogen-bond donors (Lipinski definition) is 3. The predicted octanol–water partition coefficient (Wildman–Crippen LogP) is 4.07. The van der Waals surface area contributed by atoms with E-state index in [0.29, 0.717) is 18.4 Å². The Labute approximate surface area is 179 Å². The van der Waals surface area contributed by atoms with E-state index in [4.69, 9.17) is 0 Å². The number of carbonyl (C=O) groups is 2. The minimum absolute atomic E-state index is 0.00552. The van der Waals surface area contributed by atoms with Crippen molar-refractivity contribution in [1.29, 1.82) is 0 Å². The van der Waals surface area contributed by atoms with E-state index in [-0.39, 0.29) is 11.9 Å². The van der Waals surface area contributed by atoms with Crippen LogP contribution in [0.4, 0.5) is 4.79 Å². The zero-order valence-corrected chi connectivity index (χ0v) is 17.8. The SMILES string of the molecule is Cc1ccc(C(=O)NCC2CCC(CNC(=O)NCCc3ccccc3)CC2)cc1. The topological polar surface area (TPSA) is 70.2 Å². The zero-order valence-electron chi connectivity index (χ0n) is 17.8. The number of urea groups is 1. The Morgan fingerprint density at radius 2 is 1.40 bits per heavy atom. The van der Waals surface area contributed by atoms with Crippen LogP contribution in [0, 0.1) is 18.8 Å². The van der Waals surface area contributed by atoms with Crippen LogP contribution in [-0.4, -0.2) is 31.6 Å². The molecule has 5 heteroatoms. The molecule has 3 amide bonds. The Hall–Kier alpha value is -2.82. The smallest absolute Gasteiger partial charge is 0.314 e. The van der Waals surface area contributed by atoms with Crippen LogP contribution in [0.25, 0.3) is 0 Å². The Morgan fingerprint density at radius 3 is 2.03 bits per heavy atom. The van der Waals surface area contributed by atoms with Gasteiger partial charge in [-0.2, -0.15) is 0 Å². The van der Waals surface area contributed by atoms with Crippen molar-refractivity contribution in [2.24, 2.45) is 11.8 Å². The lowest BCUT2D eigenvalue weighted by molar-refractivity contribution is 0.0941. The van der Waals surface area contributed by atoms with Gasteiger partial charge in [0.25, 0.3) is 5.91 Å². The predicted molar refractivity (Wildman–Crippen MR) is 121 cm³/mol. The highest BCUT2D eigenvalue weighted by atomic mass is 16.2. The minimum Gasteiger partial charge on any atom is -0.352 e. The van der Waals surface area contributed by atoms with Crippen LogP contribution in [0.1, 0.15) is 47.2 Å². The van der Waals surface area contributed by atoms with Crippen molar-refractivity contribution in [3.05, 3.63) is 71.3 Å². The summed E-state index contributed by atoms with van der Waals surface area (Å²) in [6, 6.07) is 17.8. The van der Waals surface area contributed by atoms with Crippen molar-refractivity contribution in [3.8, 4) is 0 Å². The normalized spacial score (nSPS) is 18.4. The summed E-state index contributed by atoms with van der Waals surface area (Å²) in [7, 11) is 0. The molecule has 0 radical (unpaired) electrons. The Kier molecular flexibility index (Phi) is 8.30. The second kappa shape index (κ2) is 11.4. The molecule has 160 valence electrons. The summed E-state index contributed by atoms with van der Waals surface area (Å²) in [6.07, 6.45) is 5.21. The van der Waals surface area contributed by atoms with E-state index in [2.05, 4.69) is 28.1 Å². The van der Waals surface area contributed by atoms with Crippen LogP contribution in [0.5, 0.6) is 0 Å². The maximum atomic E-state index is 12.3. The van der Waals surface area contributed by atoms with E-state index in [1.54, 1.807) is 0 Å². The average molecular weight is 408 g/mol. The first-order chi connectivity index (χ1) is 14.6. The highest BCUT2D eigenvalue weighted by Gasteiger charge is 2.22. The van der Waals surface area contributed by atoms with Crippen molar-refractivity contribution in [2.75, 3.05) is 19.6 Å². The largest absolute Gasteiger partial charge is 0.352 e. The van der Waals surface area contributed by atoms with E-state index in [1.807, 2.05) is 49.4 Å². The molecule has 3 rings (SSSR count). The molecule has 0 aromatic heterocycles. The van der Waals surface area contributed by atoms with Crippen molar-refractivity contribution in [1.82, 2.24) is 16.0 Å². The van der Waals surface area contributed by atoms with E-state index in [0.717, 1.165) is 56.3 Å². The lowest BCUT2D eigenvalue weighted by atomic mass is 9.82. The molecule has 2 aromatic rings. The summed E-state index contributed by atoms with van der Waals surface area (Å²) < 4.78 is 0. The van der Waals surface area contributed by atoms with E-state index in [1.165, 1.54) is 5.56 Å². The Balaban J connectivity index is 1.26. The summed E-state index contributed by atoms with van der Waals surface area (Å²) in [5.74, 6) is 1.05. The number of carbonyl (C=O) groups excluding carboxylic acids is 2. The average Bonchev–Trinajstić information content (AvgIpc) is 2.78. The van der Waals surface area contributed by atoms with Crippen molar-refractivity contribution in [2.45, 2.75) is 39.0 Å². The molecule has 0 bridgehead atoms. The third kappa shape index (κ3) is 7.21. The van der Waals surface area contributed by atoms with Gasteiger partial charge in [-0.25, -0.2) is 4.79 Å². The Bertz CT molecular complexity index is 797. The first-order valence-corrected chi connectivity index (χ1v) is 11.0. The van der Waals surface area contributed by atoms with Crippen LogP contribution in [0.2, 0.25) is 0 Å². The first-order valence-electron chi connectivity index (χ1n) is 11.0. The van der Waals surface area contributed by atoms with E-state index >= 15 is 0 Å². The summed E-state index contributed by atoms with van der Waals surface area (Å²) in [4.78, 5) is 24.3. The second-order valence-corrected chi connectivity index (χ2v) is 8.34. The van der Waals surface area contributed by atoms with Gasteiger partial charge in [0.2, 0.25) is 0 Å². The molecule has 1 saturated carbocycles. The Morgan fingerprint density at radius 1 is 0.800 bits per heavy atom. The molecule has 3 N–H and O–H groups in total. The number of amides is 3. The van der Waals surface area contributed by atoms with Gasteiger partial charge in [-0.3, -0.25) is 4.79 Å². The molecular weight excluding hydrogens is 374 g/mol. The zero-order chi connectivity index (χ0) is 21.2. The molecule has 1 aliphatic carbocycles. The van der Waals surface area contributed by atoms with Crippen LogP contribution < -0.4 is 16.0 Å². The lowest BCUT2D eigenvalue weighted by Crippen LogP contribution is -2.40. The molecule has 1 fully saturated rings. The monoisotopic (exact) mass is 407 g/mol. The maximum absolute atomic E-state index is 12.3. The fraction of sp³-hybridized carbons (Fsp3) is 0.440. The fourth-order valence-corrected chi connectivity index (χ4v) is 3.95. The van der Waals surface area contributed by atoms with Gasteiger partial charge in [-0.05, 0) is 68.6 Å². The van der Waals surface area contributed by atoms with Gasteiger partial charge in [0.1, 0.15) is 0 Å². The highest BCUT2D eigenvalue weighted by molar-refractivity contribution is 5.94. The van der Waals surface area contributed by atoms with Crippen molar-refractivity contribution in [3.63, 3.8) is 0 Å². The summed E-state index contributed by atoms with van der Waals surface area (Å²) >= 11 is 0. The quantitative estimate of drug-likeness (QED) is 0.617. The lowest BCUT2D eigenvalue weighted by Gasteiger charge is -2.28. The van der Waals surface area contributed by atoms with Crippen LogP contribution in [0.15, 0.2) is 54.6 Å². The number of aryl methyl sites for hydroxylation is 1. The van der Waals surface area contributed by atoms with Gasteiger partial charge in [0, 0.05) is 25.2 Å². The first kappa shape index (κ1) is 21.9. The molecule has 0 heterocycles. The van der Waals surface area contributed by atoms with Gasteiger partial charge in [0.15, 0.2) is 0 Å². The van der Waals surface area contributed by atoms with Crippen molar-refractivity contribution < 1.29 is 9.59 Å². The summed E-state index contributed by atoms with van der Waals surface area (Å²) in [6.45, 7) is 4.11. The molecule has 1 aliphatic rings. The number of nitrogens with one attached hydrogen (secondary N) is 3. The summed E-state index contributed by atoms with van der Waals surface area (Å²) in [5, 5.41) is 9.01. The molecule has 0 aliphatic heterocycles. The standard InChI is InChI=1S/C25H33N3O2/c1-19-7-13-23(14-8-19)24(29)27-17-21-9-11-22(12-10-21)18-28-25(30)26-16-15-20-5-3-2-4-6-20/h2-8,13-14,21-22H,9-12,15-18H2,1H3,(H,27,29)(H2,26,28,30). The summed E-state index contributed by atoms with van der Waals surface area (Å²) in [5.41, 5.74) is 3.10. The van der Waals surface area contributed by atoms with Gasteiger partial charge >= 0.3 is 6.03 Å². The van der Waals surface area contributed by atoms with E-state index in [9.17, 15) is 9.59 Å². The van der Waals surface area contributed by atoms with E-state index < -0.39 is 0 Å². The number of benzene rings is 2. The van der Waals surface area contributed by atoms with Gasteiger partial charge in [-0.15, -0.1) is 0 Å². The van der Waals surface area contributed by atoms with Crippen LogP contribution >= 0.6 is 0 Å².